The maximum atomic E-state index is 2.75. The topological polar surface area (TPSA) is 0 Å². The Kier molecular flexibility index (Phi) is 10.7. The summed E-state index contributed by atoms with van der Waals surface area (Å²) in [4.78, 5) is 0. The quantitative estimate of drug-likeness (QED) is 0.416. The second-order valence-corrected chi connectivity index (χ2v) is 23.3. The largest absolute Gasteiger partial charge is 1.00 e. The molecule has 0 aromatic heterocycles. The summed E-state index contributed by atoms with van der Waals surface area (Å²) in [6, 6.07) is 10.4. The molecule has 3 heteroatoms. The maximum absolute atomic E-state index is 2.75. The van der Waals surface area contributed by atoms with Crippen LogP contribution in [0.2, 0.25) is 0 Å². The molecule has 3 aliphatic carbocycles. The first-order valence-electron chi connectivity index (χ1n) is 15.9. The number of fused-ring (bicyclic) bond motifs is 3. The van der Waals surface area contributed by atoms with E-state index in [2.05, 4.69) is 120 Å². The van der Waals surface area contributed by atoms with Gasteiger partial charge in [0.25, 0.3) is 0 Å². The fourth-order valence-electron chi connectivity index (χ4n) is 8.27. The molecule has 1 unspecified atom stereocenters. The minimum absolute atomic E-state index is 0. The number of aryl methyl sites for hydroxylation is 2. The molecule has 0 aliphatic heterocycles. The van der Waals surface area contributed by atoms with Gasteiger partial charge in [0.1, 0.15) is 0 Å². The Morgan fingerprint density at radius 2 is 1.21 bits per heavy atom. The molecule has 0 saturated heterocycles. The molecule has 1 atom stereocenters. The predicted molar refractivity (Wildman–Crippen MR) is 173 cm³/mol. The summed E-state index contributed by atoms with van der Waals surface area (Å²) in [5.41, 5.74) is 14.6. The van der Waals surface area contributed by atoms with Gasteiger partial charge in [0.2, 0.25) is 0 Å². The van der Waals surface area contributed by atoms with Crippen molar-refractivity contribution in [2.24, 2.45) is 11.3 Å². The van der Waals surface area contributed by atoms with E-state index in [0.717, 1.165) is 0 Å². The van der Waals surface area contributed by atoms with Crippen molar-refractivity contribution >= 4 is 3.21 Å². The van der Waals surface area contributed by atoms with Gasteiger partial charge in [-0.25, -0.2) is 0 Å². The second kappa shape index (κ2) is 12.6. The average Bonchev–Trinajstić information content (AvgIpc) is 3.36. The van der Waals surface area contributed by atoms with Gasteiger partial charge in [-0.2, -0.15) is 0 Å². The molecule has 0 spiro atoms. The maximum Gasteiger partial charge on any atom is -1.00 e. The zero-order valence-electron chi connectivity index (χ0n) is 28.4. The molecule has 1 fully saturated rings. The first kappa shape index (κ1) is 35.7. The summed E-state index contributed by atoms with van der Waals surface area (Å²) >= 11 is -2.29. The van der Waals surface area contributed by atoms with Crippen LogP contribution >= 0.6 is 0 Å². The molecule has 5 rings (SSSR count). The summed E-state index contributed by atoms with van der Waals surface area (Å²) < 4.78 is 4.14. The summed E-state index contributed by atoms with van der Waals surface area (Å²) in [7, 11) is 0. The third-order valence-electron chi connectivity index (χ3n) is 10.3. The molecule has 2 aromatic carbocycles. The van der Waals surface area contributed by atoms with E-state index < -0.39 is 21.3 Å². The van der Waals surface area contributed by atoms with Crippen molar-refractivity contribution in [2.45, 2.75) is 130 Å². The molecular weight excluding hydrogens is 631 g/mol. The second-order valence-electron chi connectivity index (χ2n) is 16.0. The van der Waals surface area contributed by atoms with Crippen molar-refractivity contribution in [3.05, 3.63) is 78.7 Å². The summed E-state index contributed by atoms with van der Waals surface area (Å²) in [6.45, 7) is 29.0. The van der Waals surface area contributed by atoms with Crippen LogP contribution in [0.25, 0.3) is 11.1 Å². The fraction of sp³-hybridized carbons (Fsp3) is 0.564. The smallest absolute Gasteiger partial charge is 1.00 e. The summed E-state index contributed by atoms with van der Waals surface area (Å²) in [5.74, 6) is 0.579. The normalized spacial score (nSPS) is 19.5. The fourth-order valence-corrected chi connectivity index (χ4v) is 16.8. The van der Waals surface area contributed by atoms with Gasteiger partial charge >= 0.3 is 255 Å². The van der Waals surface area contributed by atoms with E-state index in [-0.39, 0.29) is 35.6 Å². The first-order valence-corrected chi connectivity index (χ1v) is 19.8. The van der Waals surface area contributed by atoms with Gasteiger partial charge in [-0.1, -0.05) is 0 Å². The SMILES string of the molecule is C[C](C)=[Zr+2]([C]1=CC(C2(C)CCCCC2)=CC1C)[CH]1c2cc(C)c(C(C)(C)C)cc2-c2cc(C(C)(C)C)c(C)cc21.[Cl-].[Cl-]. The van der Waals surface area contributed by atoms with E-state index in [0.29, 0.717) is 15.0 Å². The third kappa shape index (κ3) is 6.33. The molecule has 0 nitrogen and oxygen atoms in total. The van der Waals surface area contributed by atoms with E-state index in [1.165, 1.54) is 65.5 Å². The number of halogens is 2. The number of hydrogen-bond acceptors (Lipinski definition) is 0. The van der Waals surface area contributed by atoms with Crippen molar-refractivity contribution in [3.63, 3.8) is 0 Å². The molecule has 3 aliphatic rings. The van der Waals surface area contributed by atoms with E-state index >= 15 is 0 Å². The van der Waals surface area contributed by atoms with Gasteiger partial charge in [-0.3, -0.25) is 0 Å². The Balaban J connectivity index is 0.00000242. The summed E-state index contributed by atoms with van der Waals surface area (Å²) in [6.07, 6.45) is 12.4. The Hall–Kier alpha value is -0.747. The van der Waals surface area contributed by atoms with Crippen LogP contribution in [0.15, 0.2) is 45.3 Å². The molecule has 0 heterocycles. The zero-order valence-corrected chi connectivity index (χ0v) is 32.4. The first-order chi connectivity index (χ1) is 18.5. The van der Waals surface area contributed by atoms with Crippen LogP contribution in [0.3, 0.4) is 0 Å². The van der Waals surface area contributed by atoms with Gasteiger partial charge in [0, 0.05) is 0 Å². The van der Waals surface area contributed by atoms with Gasteiger partial charge < -0.3 is 24.8 Å². The van der Waals surface area contributed by atoms with Crippen LogP contribution in [0.5, 0.6) is 0 Å². The van der Waals surface area contributed by atoms with Gasteiger partial charge in [-0.05, 0) is 0 Å². The van der Waals surface area contributed by atoms with Crippen LogP contribution < -0.4 is 24.8 Å². The molecule has 2 aromatic rings. The number of rotatable bonds is 3. The van der Waals surface area contributed by atoms with Crippen molar-refractivity contribution in [3.8, 4) is 11.1 Å². The van der Waals surface area contributed by atoms with Crippen molar-refractivity contribution in [2.75, 3.05) is 0 Å². The molecule has 0 bridgehead atoms. The molecule has 0 radical (unpaired) electrons. The number of allylic oxidation sites excluding steroid dienone is 4. The van der Waals surface area contributed by atoms with Gasteiger partial charge in [-0.15, -0.1) is 0 Å². The Morgan fingerprint density at radius 1 is 0.762 bits per heavy atom. The Labute approximate surface area is 278 Å². The van der Waals surface area contributed by atoms with Crippen LogP contribution in [0, 0.1) is 25.2 Å². The zero-order chi connectivity index (χ0) is 29.4. The molecular formula is C39H54Cl2Zr. The van der Waals surface area contributed by atoms with E-state index in [1.807, 2.05) is 3.28 Å². The van der Waals surface area contributed by atoms with Crippen molar-refractivity contribution in [1.29, 1.82) is 0 Å². The van der Waals surface area contributed by atoms with Crippen LogP contribution in [-0.4, -0.2) is 3.21 Å². The molecule has 228 valence electrons. The van der Waals surface area contributed by atoms with Crippen LogP contribution in [-0.2, 0) is 32.1 Å². The van der Waals surface area contributed by atoms with Crippen LogP contribution in [0.1, 0.15) is 138 Å². The molecule has 0 N–H and O–H groups in total. The van der Waals surface area contributed by atoms with E-state index in [9.17, 15) is 0 Å². The van der Waals surface area contributed by atoms with Crippen molar-refractivity contribution < 1.29 is 46.1 Å². The number of hydrogen-bond donors (Lipinski definition) is 0. The predicted octanol–water partition coefficient (Wildman–Crippen LogP) is 5.24. The minimum Gasteiger partial charge on any atom is -1.00 e. The standard InChI is InChI=1S/C23H29.C13H19.C3H6.2ClH.Zr/c1-14-9-16-11-17-10-15(2)21(23(6,7)8)13-19(17)18(16)12-20(14)22(3,4)5;1-11-6-7-12(10-11)13(2)8-4-3-5-9-13;1-3-2;;;/h9-13H,1-8H3;7,10-11H,3-5,8-9H2,1-2H3;1-2H3;2*1H;/q;;;;;+2/p-2. The minimum atomic E-state index is -2.29. The number of benzene rings is 2. The third-order valence-corrected chi connectivity index (χ3v) is 18.9. The Morgan fingerprint density at radius 3 is 1.62 bits per heavy atom. The summed E-state index contributed by atoms with van der Waals surface area (Å²) in [5, 5.41) is 0. The van der Waals surface area contributed by atoms with E-state index in [4.69, 9.17) is 0 Å². The van der Waals surface area contributed by atoms with E-state index in [1.54, 1.807) is 19.9 Å². The Bertz CT molecular complexity index is 1380. The van der Waals surface area contributed by atoms with Crippen LogP contribution in [0.4, 0.5) is 0 Å². The van der Waals surface area contributed by atoms with Gasteiger partial charge in [0.15, 0.2) is 0 Å². The molecule has 0 amide bonds. The van der Waals surface area contributed by atoms with Crippen molar-refractivity contribution in [1.82, 2.24) is 0 Å². The molecule has 1 saturated carbocycles. The average molecular weight is 685 g/mol. The monoisotopic (exact) mass is 682 g/mol. The van der Waals surface area contributed by atoms with Gasteiger partial charge in [0.05, 0.1) is 0 Å². The molecule has 42 heavy (non-hydrogen) atoms.